The molecule has 1 aromatic rings. The fourth-order valence-corrected chi connectivity index (χ4v) is 1.27. The number of alkyl halides is 3. The Morgan fingerprint density at radius 3 is 2.62 bits per heavy atom. The number of carbonyl (C=O) groups excluding carboxylic acids is 1. The topological polar surface area (TPSA) is 45.6 Å². The van der Waals surface area contributed by atoms with E-state index < -0.39 is 24.2 Å². The monoisotopic (exact) mass is 229 g/mol. The Labute approximate surface area is 88.4 Å². The number of hydrogen-bond donors (Lipinski definition) is 0. The minimum Gasteiger partial charge on any atom is -0.272 e. The third-order valence-electron chi connectivity index (χ3n) is 1.99. The summed E-state index contributed by atoms with van der Waals surface area (Å²) >= 11 is 0. The maximum atomic E-state index is 12.3. The highest BCUT2D eigenvalue weighted by Crippen LogP contribution is 2.27. The number of hydrogen-bond acceptors (Lipinski definition) is 3. The highest BCUT2D eigenvalue weighted by molar-refractivity contribution is 6.14. The second-order valence-corrected chi connectivity index (χ2v) is 3.14. The van der Waals surface area contributed by atoms with Crippen LogP contribution < -0.4 is 5.01 Å². The van der Waals surface area contributed by atoms with Crippen molar-refractivity contribution in [2.45, 2.75) is 12.6 Å². The zero-order valence-corrected chi connectivity index (χ0v) is 7.90. The number of aromatic nitrogens is 1. The molecule has 2 rings (SSSR count). The number of rotatable bonds is 1. The molecule has 0 N–H and O–H groups in total. The van der Waals surface area contributed by atoms with Crippen molar-refractivity contribution >= 4 is 17.3 Å². The van der Waals surface area contributed by atoms with Gasteiger partial charge in [0.1, 0.15) is 0 Å². The van der Waals surface area contributed by atoms with E-state index in [9.17, 15) is 18.0 Å². The van der Waals surface area contributed by atoms with E-state index in [4.69, 9.17) is 0 Å². The van der Waals surface area contributed by atoms with Crippen molar-refractivity contribution in [2.75, 3.05) is 5.01 Å². The molecule has 0 aliphatic carbocycles. The third-order valence-corrected chi connectivity index (χ3v) is 1.99. The van der Waals surface area contributed by atoms with Gasteiger partial charge in [-0.3, -0.25) is 9.78 Å². The van der Waals surface area contributed by atoms with Crippen molar-refractivity contribution in [2.24, 2.45) is 5.10 Å². The molecule has 1 aliphatic rings. The van der Waals surface area contributed by atoms with Crippen LogP contribution in [0.5, 0.6) is 0 Å². The van der Waals surface area contributed by atoms with E-state index in [1.807, 2.05) is 0 Å². The average molecular weight is 229 g/mol. The first-order chi connectivity index (χ1) is 7.48. The van der Waals surface area contributed by atoms with Gasteiger partial charge in [0.05, 0.1) is 18.3 Å². The molecule has 0 fully saturated rings. The predicted octanol–water partition coefficient (Wildman–Crippen LogP) is 1.74. The Bertz CT molecular complexity index is 441. The summed E-state index contributed by atoms with van der Waals surface area (Å²) in [5, 5.41) is 3.96. The number of halogens is 3. The fourth-order valence-electron chi connectivity index (χ4n) is 1.27. The smallest absolute Gasteiger partial charge is 0.272 e. The lowest BCUT2D eigenvalue weighted by atomic mass is 10.2. The van der Waals surface area contributed by atoms with E-state index in [2.05, 4.69) is 10.1 Å². The van der Waals surface area contributed by atoms with E-state index in [1.54, 1.807) is 0 Å². The van der Waals surface area contributed by atoms with Crippen LogP contribution in [0.15, 0.2) is 29.6 Å². The van der Waals surface area contributed by atoms with Gasteiger partial charge in [0.15, 0.2) is 5.71 Å². The fraction of sp³-hybridized carbons (Fsp3) is 0.222. The van der Waals surface area contributed by atoms with E-state index in [0.717, 1.165) is 5.01 Å². The van der Waals surface area contributed by atoms with Gasteiger partial charge in [0, 0.05) is 6.20 Å². The number of amides is 1. The normalized spacial score (nSPS) is 16.6. The zero-order valence-electron chi connectivity index (χ0n) is 7.90. The second kappa shape index (κ2) is 3.58. The van der Waals surface area contributed by atoms with Crippen molar-refractivity contribution in [1.82, 2.24) is 4.98 Å². The molecule has 0 bridgehead atoms. The summed E-state index contributed by atoms with van der Waals surface area (Å²) in [6.45, 7) is 0. The SMILES string of the molecule is O=C1CC(C(F)(F)F)=NN1c1cccnc1. The van der Waals surface area contributed by atoms with E-state index in [-0.39, 0.29) is 5.69 Å². The molecular formula is C9H6F3N3O. The largest absolute Gasteiger partial charge is 0.431 e. The standard InChI is InChI=1S/C9H6F3N3O/c10-9(11,12)7-4-8(16)15(14-7)6-2-1-3-13-5-6/h1-3,5H,4H2. The first-order valence-corrected chi connectivity index (χ1v) is 4.36. The van der Waals surface area contributed by atoms with Gasteiger partial charge in [0.25, 0.3) is 5.91 Å². The Kier molecular flexibility index (Phi) is 2.37. The minimum atomic E-state index is -4.56. The lowest BCUT2D eigenvalue weighted by Gasteiger charge is -2.09. The van der Waals surface area contributed by atoms with Gasteiger partial charge in [-0.15, -0.1) is 0 Å². The minimum absolute atomic E-state index is 0.228. The van der Waals surface area contributed by atoms with Crippen LogP contribution >= 0.6 is 0 Å². The Morgan fingerprint density at radius 1 is 1.38 bits per heavy atom. The number of pyridine rings is 1. The summed E-state index contributed by atoms with van der Waals surface area (Å²) < 4.78 is 36.9. The van der Waals surface area contributed by atoms with Crippen molar-refractivity contribution < 1.29 is 18.0 Å². The summed E-state index contributed by atoms with van der Waals surface area (Å²) in [5.74, 6) is -0.708. The summed E-state index contributed by atoms with van der Waals surface area (Å²) in [7, 11) is 0. The summed E-state index contributed by atoms with van der Waals surface area (Å²) in [6, 6.07) is 2.98. The maximum absolute atomic E-state index is 12.3. The van der Waals surface area contributed by atoms with Gasteiger partial charge in [-0.25, -0.2) is 0 Å². The molecule has 1 aromatic heterocycles. The van der Waals surface area contributed by atoms with Crippen LogP contribution in [0.3, 0.4) is 0 Å². The van der Waals surface area contributed by atoms with Crippen LogP contribution in [-0.4, -0.2) is 22.8 Å². The quantitative estimate of drug-likeness (QED) is 0.736. The molecule has 0 spiro atoms. The molecule has 2 heterocycles. The van der Waals surface area contributed by atoms with Crippen molar-refractivity contribution in [3.8, 4) is 0 Å². The van der Waals surface area contributed by atoms with Crippen LogP contribution in [0.25, 0.3) is 0 Å². The van der Waals surface area contributed by atoms with E-state index >= 15 is 0 Å². The van der Waals surface area contributed by atoms with Crippen LogP contribution in [0.4, 0.5) is 18.9 Å². The Balaban J connectivity index is 2.31. The molecular weight excluding hydrogens is 223 g/mol. The highest BCUT2D eigenvalue weighted by atomic mass is 19.4. The van der Waals surface area contributed by atoms with Gasteiger partial charge >= 0.3 is 6.18 Å². The van der Waals surface area contributed by atoms with Gasteiger partial charge < -0.3 is 0 Å². The molecule has 1 amide bonds. The molecule has 0 atom stereocenters. The van der Waals surface area contributed by atoms with Crippen LogP contribution in [-0.2, 0) is 4.79 Å². The molecule has 16 heavy (non-hydrogen) atoms. The molecule has 0 unspecified atom stereocenters. The number of nitrogens with zero attached hydrogens (tertiary/aromatic N) is 3. The molecule has 0 saturated carbocycles. The molecule has 1 aliphatic heterocycles. The molecule has 0 saturated heterocycles. The zero-order chi connectivity index (χ0) is 11.8. The van der Waals surface area contributed by atoms with Crippen LogP contribution in [0, 0.1) is 0 Å². The second-order valence-electron chi connectivity index (χ2n) is 3.14. The van der Waals surface area contributed by atoms with Crippen molar-refractivity contribution in [3.63, 3.8) is 0 Å². The van der Waals surface area contributed by atoms with Gasteiger partial charge in [-0.05, 0) is 12.1 Å². The average Bonchev–Trinajstić information content (AvgIpc) is 2.61. The number of anilines is 1. The molecule has 0 radical (unpaired) electrons. The lowest BCUT2D eigenvalue weighted by Crippen LogP contribution is -2.22. The summed E-state index contributed by atoms with van der Waals surface area (Å²) in [4.78, 5) is 15.0. The Hall–Kier alpha value is -1.92. The maximum Gasteiger partial charge on any atom is 0.431 e. The highest BCUT2D eigenvalue weighted by Gasteiger charge is 2.42. The summed E-state index contributed by atoms with van der Waals surface area (Å²) in [6.07, 6.45) is -2.55. The summed E-state index contributed by atoms with van der Waals surface area (Å²) in [5.41, 5.74) is -0.854. The predicted molar refractivity (Wildman–Crippen MR) is 49.8 cm³/mol. The van der Waals surface area contributed by atoms with Crippen LogP contribution in [0.2, 0.25) is 0 Å². The van der Waals surface area contributed by atoms with Gasteiger partial charge in [-0.1, -0.05) is 0 Å². The van der Waals surface area contributed by atoms with Crippen molar-refractivity contribution in [3.05, 3.63) is 24.5 Å². The van der Waals surface area contributed by atoms with Crippen LogP contribution in [0.1, 0.15) is 6.42 Å². The molecule has 0 aromatic carbocycles. The van der Waals surface area contributed by atoms with Crippen molar-refractivity contribution in [1.29, 1.82) is 0 Å². The van der Waals surface area contributed by atoms with E-state index in [1.165, 1.54) is 24.5 Å². The number of carbonyl (C=O) groups is 1. The van der Waals surface area contributed by atoms with Gasteiger partial charge in [0.2, 0.25) is 0 Å². The lowest BCUT2D eigenvalue weighted by molar-refractivity contribution is -0.117. The third kappa shape index (κ3) is 1.88. The molecule has 4 nitrogen and oxygen atoms in total. The first kappa shape index (κ1) is 10.6. The van der Waals surface area contributed by atoms with Gasteiger partial charge in [-0.2, -0.15) is 23.3 Å². The molecule has 84 valence electrons. The first-order valence-electron chi connectivity index (χ1n) is 4.36. The van der Waals surface area contributed by atoms with E-state index in [0.29, 0.717) is 0 Å². The Morgan fingerprint density at radius 2 is 2.12 bits per heavy atom. The molecule has 7 heteroatoms. The number of hydrazone groups is 1.